The van der Waals surface area contributed by atoms with Crippen molar-refractivity contribution >= 4 is 22.9 Å². The molecule has 0 radical (unpaired) electrons. The molecule has 0 aliphatic rings. The number of nitrogens with zero attached hydrogens (tertiary/aromatic N) is 4. The fourth-order valence-electron chi connectivity index (χ4n) is 2.08. The van der Waals surface area contributed by atoms with Gasteiger partial charge in [-0.25, -0.2) is 9.67 Å². The molecular formula is C15H13N5O3S. The summed E-state index contributed by atoms with van der Waals surface area (Å²) in [4.78, 5) is 27.6. The first-order valence-electron chi connectivity index (χ1n) is 7.03. The Bertz CT molecular complexity index is 902. The second-order valence-corrected chi connectivity index (χ2v) is 6.27. The third-order valence-corrected chi connectivity index (χ3v) is 4.13. The number of thiazole rings is 1. The highest BCUT2D eigenvalue weighted by atomic mass is 32.1. The molecule has 0 bridgehead atoms. The summed E-state index contributed by atoms with van der Waals surface area (Å²) in [6.45, 7) is 2.28. The van der Waals surface area contributed by atoms with Crippen LogP contribution in [0.15, 0.2) is 42.7 Å². The first-order valence-corrected chi connectivity index (χ1v) is 7.84. The maximum atomic E-state index is 12.1. The van der Waals surface area contributed by atoms with Crippen molar-refractivity contribution in [2.75, 3.05) is 0 Å². The van der Waals surface area contributed by atoms with E-state index >= 15 is 0 Å². The fraction of sp³-hybridized carbons (Fsp3) is 0.133. The molecular weight excluding hydrogens is 330 g/mol. The minimum Gasteiger partial charge on any atom is -0.346 e. The van der Waals surface area contributed by atoms with Crippen molar-refractivity contribution in [2.45, 2.75) is 13.5 Å². The number of carbonyl (C=O) groups is 1. The number of amides is 1. The summed E-state index contributed by atoms with van der Waals surface area (Å²) in [5, 5.41) is 18.7. The third kappa shape index (κ3) is 3.46. The molecule has 9 heteroatoms. The Balaban J connectivity index is 1.71. The van der Waals surface area contributed by atoms with E-state index in [4.69, 9.17) is 0 Å². The number of hydrogen-bond acceptors (Lipinski definition) is 6. The summed E-state index contributed by atoms with van der Waals surface area (Å²) in [7, 11) is 0. The van der Waals surface area contributed by atoms with Gasteiger partial charge in [0.1, 0.15) is 0 Å². The van der Waals surface area contributed by atoms with E-state index in [1.807, 2.05) is 6.92 Å². The summed E-state index contributed by atoms with van der Waals surface area (Å²) in [5.74, 6) is -0.315. The van der Waals surface area contributed by atoms with Gasteiger partial charge in [0.2, 0.25) is 0 Å². The number of nitro groups is 1. The second-order valence-electron chi connectivity index (χ2n) is 4.95. The van der Waals surface area contributed by atoms with Crippen molar-refractivity contribution in [3.63, 3.8) is 0 Å². The monoisotopic (exact) mass is 343 g/mol. The number of benzene rings is 1. The van der Waals surface area contributed by atoms with E-state index in [-0.39, 0.29) is 17.3 Å². The number of aromatic nitrogens is 3. The van der Waals surface area contributed by atoms with Crippen molar-refractivity contribution in [1.29, 1.82) is 0 Å². The molecule has 0 saturated carbocycles. The average Bonchev–Trinajstić information content (AvgIpc) is 3.22. The molecule has 2 aromatic heterocycles. The molecule has 0 atom stereocenters. The summed E-state index contributed by atoms with van der Waals surface area (Å²) in [5.41, 5.74) is 0.721. The van der Waals surface area contributed by atoms with Crippen molar-refractivity contribution < 1.29 is 9.72 Å². The van der Waals surface area contributed by atoms with E-state index in [1.54, 1.807) is 30.6 Å². The lowest BCUT2D eigenvalue weighted by Gasteiger charge is -2.02. The van der Waals surface area contributed by atoms with Gasteiger partial charge in [-0.05, 0) is 19.1 Å². The Hall–Kier alpha value is -3.07. The predicted molar refractivity (Wildman–Crippen MR) is 88.2 cm³/mol. The van der Waals surface area contributed by atoms with Gasteiger partial charge >= 0.3 is 0 Å². The predicted octanol–water partition coefficient (Wildman–Crippen LogP) is 2.48. The standard InChI is InChI=1S/C15H13N5O3S/c1-10-16-8-13(24-10)9-17-15(21)14-5-6-19(18-14)11-3-2-4-12(7-11)20(22)23/h2-8H,9H2,1H3,(H,17,21). The van der Waals surface area contributed by atoms with Gasteiger partial charge in [-0.15, -0.1) is 11.3 Å². The minimum atomic E-state index is -0.475. The number of carbonyl (C=O) groups excluding carboxylic acids is 1. The Morgan fingerprint density at radius 2 is 2.25 bits per heavy atom. The molecule has 0 unspecified atom stereocenters. The molecule has 0 aliphatic carbocycles. The topological polar surface area (TPSA) is 103 Å². The Labute approximate surface area is 140 Å². The summed E-state index contributed by atoms with van der Waals surface area (Å²) >= 11 is 1.52. The van der Waals surface area contributed by atoms with Crippen LogP contribution in [0, 0.1) is 17.0 Å². The van der Waals surface area contributed by atoms with Crippen LogP contribution in [-0.4, -0.2) is 25.6 Å². The van der Waals surface area contributed by atoms with Crippen molar-refractivity contribution in [3.8, 4) is 5.69 Å². The summed E-state index contributed by atoms with van der Waals surface area (Å²) < 4.78 is 1.43. The molecule has 2 heterocycles. The molecule has 0 aliphatic heterocycles. The number of non-ortho nitro benzene ring substituents is 1. The molecule has 24 heavy (non-hydrogen) atoms. The Kier molecular flexibility index (Phi) is 4.34. The number of nitrogens with one attached hydrogen (secondary N) is 1. The third-order valence-electron chi connectivity index (χ3n) is 3.22. The highest BCUT2D eigenvalue weighted by Crippen LogP contribution is 2.16. The van der Waals surface area contributed by atoms with Gasteiger partial charge in [0.25, 0.3) is 11.6 Å². The van der Waals surface area contributed by atoms with Crippen LogP contribution in [0.4, 0.5) is 5.69 Å². The smallest absolute Gasteiger partial charge is 0.272 e. The highest BCUT2D eigenvalue weighted by Gasteiger charge is 2.12. The van der Waals surface area contributed by atoms with Crippen LogP contribution in [0.5, 0.6) is 0 Å². The minimum absolute atomic E-state index is 0.0328. The van der Waals surface area contributed by atoms with Crippen LogP contribution in [-0.2, 0) is 6.54 Å². The molecule has 1 amide bonds. The molecule has 3 aromatic rings. The molecule has 1 N–H and O–H groups in total. The van der Waals surface area contributed by atoms with E-state index < -0.39 is 4.92 Å². The lowest BCUT2D eigenvalue weighted by atomic mass is 10.3. The van der Waals surface area contributed by atoms with Gasteiger partial charge in [-0.2, -0.15) is 5.10 Å². The van der Waals surface area contributed by atoms with Crippen LogP contribution in [0.2, 0.25) is 0 Å². The highest BCUT2D eigenvalue weighted by molar-refractivity contribution is 7.11. The fourth-order valence-corrected chi connectivity index (χ4v) is 2.82. The lowest BCUT2D eigenvalue weighted by molar-refractivity contribution is -0.384. The van der Waals surface area contributed by atoms with Gasteiger partial charge in [0.05, 0.1) is 22.2 Å². The Morgan fingerprint density at radius 3 is 2.96 bits per heavy atom. The number of nitro benzene ring substituents is 1. The van der Waals surface area contributed by atoms with Crippen LogP contribution < -0.4 is 5.32 Å². The molecule has 0 spiro atoms. The Morgan fingerprint density at radius 1 is 1.42 bits per heavy atom. The summed E-state index contributed by atoms with van der Waals surface area (Å²) in [6.07, 6.45) is 3.31. The van der Waals surface area contributed by atoms with Gasteiger partial charge in [-0.3, -0.25) is 14.9 Å². The zero-order valence-electron chi connectivity index (χ0n) is 12.7. The maximum Gasteiger partial charge on any atom is 0.272 e. The normalized spacial score (nSPS) is 10.5. The van der Waals surface area contributed by atoms with Crippen LogP contribution in [0.3, 0.4) is 0 Å². The van der Waals surface area contributed by atoms with E-state index in [9.17, 15) is 14.9 Å². The molecule has 0 saturated heterocycles. The van der Waals surface area contributed by atoms with Crippen molar-refractivity contribution in [1.82, 2.24) is 20.1 Å². The zero-order valence-corrected chi connectivity index (χ0v) is 13.5. The SMILES string of the molecule is Cc1ncc(CNC(=O)c2ccn(-c3cccc([N+](=O)[O-])c3)n2)s1. The zero-order chi connectivity index (χ0) is 17.1. The number of rotatable bonds is 5. The van der Waals surface area contributed by atoms with Crippen LogP contribution in [0.25, 0.3) is 5.69 Å². The second kappa shape index (κ2) is 6.59. The van der Waals surface area contributed by atoms with Gasteiger partial charge < -0.3 is 5.32 Å². The molecule has 1 aromatic carbocycles. The van der Waals surface area contributed by atoms with Crippen LogP contribution >= 0.6 is 11.3 Å². The van der Waals surface area contributed by atoms with E-state index in [2.05, 4.69) is 15.4 Å². The maximum absolute atomic E-state index is 12.1. The molecule has 3 rings (SSSR count). The molecule has 8 nitrogen and oxygen atoms in total. The van der Waals surface area contributed by atoms with Gasteiger partial charge in [0, 0.05) is 29.4 Å². The van der Waals surface area contributed by atoms with Gasteiger partial charge in [0.15, 0.2) is 5.69 Å². The lowest BCUT2D eigenvalue weighted by Crippen LogP contribution is -2.23. The summed E-state index contributed by atoms with van der Waals surface area (Å²) in [6, 6.07) is 7.61. The van der Waals surface area contributed by atoms with Crippen molar-refractivity contribution in [3.05, 3.63) is 68.4 Å². The van der Waals surface area contributed by atoms with Crippen LogP contribution in [0.1, 0.15) is 20.4 Å². The van der Waals surface area contributed by atoms with E-state index in [0.717, 1.165) is 9.88 Å². The number of aryl methyl sites for hydroxylation is 1. The van der Waals surface area contributed by atoms with E-state index in [1.165, 1.54) is 28.2 Å². The molecule has 0 fully saturated rings. The molecule has 122 valence electrons. The largest absolute Gasteiger partial charge is 0.346 e. The van der Waals surface area contributed by atoms with Crippen molar-refractivity contribution in [2.24, 2.45) is 0 Å². The van der Waals surface area contributed by atoms with Gasteiger partial charge in [-0.1, -0.05) is 6.07 Å². The number of hydrogen-bond donors (Lipinski definition) is 1. The first kappa shape index (κ1) is 15.8. The quantitative estimate of drug-likeness (QED) is 0.566. The average molecular weight is 343 g/mol. The first-order chi connectivity index (χ1) is 11.5. The van der Waals surface area contributed by atoms with E-state index in [0.29, 0.717) is 12.2 Å².